The molecule has 1 amide bonds. The van der Waals surface area contributed by atoms with E-state index in [1.807, 2.05) is 6.92 Å². The number of carbonyl (C=O) groups excluding carboxylic acids is 1. The van der Waals surface area contributed by atoms with Crippen LogP contribution in [-0.4, -0.2) is 11.9 Å². The molecule has 1 aliphatic heterocycles. The van der Waals surface area contributed by atoms with Gasteiger partial charge in [0.1, 0.15) is 5.82 Å². The minimum absolute atomic E-state index is 0.0252. The molecular weight excluding hydrogens is 324 g/mol. The molecule has 0 bridgehead atoms. The molecule has 1 aliphatic rings. The Balaban J connectivity index is 2.05. The van der Waals surface area contributed by atoms with Crippen LogP contribution in [0, 0.1) is 5.82 Å². The standard InChI is InChI=1S/C17H14Cl2FNO/c1-10-2-3-11-8-13(20)5-7-16(11)21(10)17(22)14-6-4-12(18)9-15(14)19/h4-10H,2-3H2,1H3. The Hall–Kier alpha value is -1.58. The van der Waals surface area contributed by atoms with Crippen molar-refractivity contribution in [2.75, 3.05) is 4.90 Å². The Kier molecular flexibility index (Phi) is 4.11. The van der Waals surface area contributed by atoms with Gasteiger partial charge in [-0.2, -0.15) is 0 Å². The van der Waals surface area contributed by atoms with Crippen molar-refractivity contribution in [3.8, 4) is 0 Å². The number of amides is 1. The molecule has 0 fully saturated rings. The number of nitrogens with zero attached hydrogens (tertiary/aromatic N) is 1. The first-order valence-electron chi connectivity index (χ1n) is 7.04. The number of hydrogen-bond donors (Lipinski definition) is 0. The molecule has 0 aliphatic carbocycles. The van der Waals surface area contributed by atoms with E-state index < -0.39 is 0 Å². The van der Waals surface area contributed by atoms with E-state index in [0.29, 0.717) is 15.6 Å². The van der Waals surface area contributed by atoms with Gasteiger partial charge in [0.15, 0.2) is 0 Å². The summed E-state index contributed by atoms with van der Waals surface area (Å²) in [6.45, 7) is 1.98. The SMILES string of the molecule is CC1CCc2cc(F)ccc2N1C(=O)c1ccc(Cl)cc1Cl. The highest BCUT2D eigenvalue weighted by atomic mass is 35.5. The summed E-state index contributed by atoms with van der Waals surface area (Å²) in [5.74, 6) is -0.480. The number of anilines is 1. The summed E-state index contributed by atoms with van der Waals surface area (Å²) < 4.78 is 13.4. The summed E-state index contributed by atoms with van der Waals surface area (Å²) >= 11 is 12.0. The van der Waals surface area contributed by atoms with Crippen molar-refractivity contribution in [2.45, 2.75) is 25.8 Å². The summed E-state index contributed by atoms with van der Waals surface area (Å²) in [7, 11) is 0. The zero-order chi connectivity index (χ0) is 15.9. The fraction of sp³-hybridized carbons (Fsp3) is 0.235. The number of aryl methyl sites for hydroxylation is 1. The number of carbonyl (C=O) groups is 1. The summed E-state index contributed by atoms with van der Waals surface area (Å²) in [4.78, 5) is 14.6. The molecule has 1 heterocycles. The predicted octanol–water partition coefficient (Wildman–Crippen LogP) is 5.11. The van der Waals surface area contributed by atoms with Gasteiger partial charge < -0.3 is 4.90 Å². The highest BCUT2D eigenvalue weighted by Crippen LogP contribution is 2.34. The van der Waals surface area contributed by atoms with Gasteiger partial charge >= 0.3 is 0 Å². The third-order valence-corrected chi connectivity index (χ3v) is 4.50. The molecule has 1 atom stereocenters. The highest BCUT2D eigenvalue weighted by Gasteiger charge is 2.30. The second-order valence-corrected chi connectivity index (χ2v) is 6.30. The second kappa shape index (κ2) is 5.90. The molecule has 0 spiro atoms. The third kappa shape index (κ3) is 2.71. The smallest absolute Gasteiger partial charge is 0.260 e. The van der Waals surface area contributed by atoms with Crippen LogP contribution in [0.25, 0.3) is 0 Å². The number of halogens is 3. The Morgan fingerprint density at radius 1 is 1.23 bits per heavy atom. The van der Waals surface area contributed by atoms with Gasteiger partial charge in [-0.1, -0.05) is 23.2 Å². The largest absolute Gasteiger partial charge is 0.305 e. The van der Waals surface area contributed by atoms with Gasteiger partial charge in [-0.3, -0.25) is 4.79 Å². The van der Waals surface area contributed by atoms with Crippen LogP contribution in [-0.2, 0) is 6.42 Å². The van der Waals surface area contributed by atoms with Gasteiger partial charge in [-0.25, -0.2) is 4.39 Å². The first kappa shape index (κ1) is 15.3. The van der Waals surface area contributed by atoms with Gasteiger partial charge in [0.05, 0.1) is 10.6 Å². The molecule has 22 heavy (non-hydrogen) atoms. The Morgan fingerprint density at radius 2 is 2.00 bits per heavy atom. The molecule has 2 nitrogen and oxygen atoms in total. The lowest BCUT2D eigenvalue weighted by Gasteiger charge is -2.35. The van der Waals surface area contributed by atoms with Crippen molar-refractivity contribution < 1.29 is 9.18 Å². The quantitative estimate of drug-likeness (QED) is 0.707. The number of benzene rings is 2. The summed E-state index contributed by atoms with van der Waals surface area (Å²) in [5.41, 5.74) is 1.99. The van der Waals surface area contributed by atoms with Crippen molar-refractivity contribution >= 4 is 34.8 Å². The van der Waals surface area contributed by atoms with Gasteiger partial charge in [-0.05, 0) is 61.7 Å². The number of fused-ring (bicyclic) bond motifs is 1. The van der Waals surface area contributed by atoms with E-state index >= 15 is 0 Å². The lowest BCUT2D eigenvalue weighted by molar-refractivity contribution is 0.0975. The Bertz CT molecular complexity index is 747. The van der Waals surface area contributed by atoms with Crippen LogP contribution < -0.4 is 4.90 Å². The third-order valence-electron chi connectivity index (χ3n) is 3.95. The number of hydrogen-bond acceptors (Lipinski definition) is 1. The van der Waals surface area contributed by atoms with E-state index in [9.17, 15) is 9.18 Å². The van der Waals surface area contributed by atoms with Crippen LogP contribution in [0.3, 0.4) is 0 Å². The summed E-state index contributed by atoms with van der Waals surface area (Å²) in [6.07, 6.45) is 1.54. The van der Waals surface area contributed by atoms with Crippen molar-refractivity contribution in [1.82, 2.24) is 0 Å². The van der Waals surface area contributed by atoms with E-state index in [1.165, 1.54) is 12.1 Å². The van der Waals surface area contributed by atoms with Crippen molar-refractivity contribution in [3.63, 3.8) is 0 Å². The molecule has 5 heteroatoms. The van der Waals surface area contributed by atoms with Crippen molar-refractivity contribution in [3.05, 3.63) is 63.4 Å². The molecule has 2 aromatic rings. The summed E-state index contributed by atoms with van der Waals surface area (Å²) in [5, 5.41) is 0.801. The number of rotatable bonds is 1. The van der Waals surface area contributed by atoms with Crippen LogP contribution in [0.5, 0.6) is 0 Å². The molecule has 0 saturated carbocycles. The second-order valence-electron chi connectivity index (χ2n) is 5.46. The highest BCUT2D eigenvalue weighted by molar-refractivity contribution is 6.37. The van der Waals surface area contributed by atoms with Crippen LogP contribution >= 0.6 is 23.2 Å². The molecule has 0 aromatic heterocycles. The molecule has 114 valence electrons. The molecular formula is C17H14Cl2FNO. The van der Waals surface area contributed by atoms with Crippen molar-refractivity contribution in [1.29, 1.82) is 0 Å². The Labute approximate surface area is 138 Å². The maximum atomic E-state index is 13.4. The lowest BCUT2D eigenvalue weighted by atomic mass is 9.95. The van der Waals surface area contributed by atoms with Crippen LogP contribution in [0.15, 0.2) is 36.4 Å². The molecule has 0 saturated heterocycles. The van der Waals surface area contributed by atoms with E-state index in [-0.39, 0.29) is 17.8 Å². The minimum atomic E-state index is -0.287. The maximum Gasteiger partial charge on any atom is 0.260 e. The average molecular weight is 338 g/mol. The molecule has 0 radical (unpaired) electrons. The normalized spacial score (nSPS) is 17.3. The molecule has 1 unspecified atom stereocenters. The lowest BCUT2D eigenvalue weighted by Crippen LogP contribution is -2.42. The maximum absolute atomic E-state index is 13.4. The monoisotopic (exact) mass is 337 g/mol. The van der Waals surface area contributed by atoms with E-state index in [2.05, 4.69) is 0 Å². The topological polar surface area (TPSA) is 20.3 Å². The van der Waals surface area contributed by atoms with Crippen LogP contribution in [0.2, 0.25) is 10.0 Å². The van der Waals surface area contributed by atoms with Gasteiger partial charge in [-0.15, -0.1) is 0 Å². The average Bonchev–Trinajstić information content (AvgIpc) is 2.47. The first-order valence-corrected chi connectivity index (χ1v) is 7.80. The van der Waals surface area contributed by atoms with E-state index in [0.717, 1.165) is 24.1 Å². The van der Waals surface area contributed by atoms with Gasteiger partial charge in [0.2, 0.25) is 0 Å². The van der Waals surface area contributed by atoms with Crippen LogP contribution in [0.4, 0.5) is 10.1 Å². The molecule has 3 rings (SSSR count). The molecule has 0 N–H and O–H groups in total. The van der Waals surface area contributed by atoms with Gasteiger partial charge in [0.25, 0.3) is 5.91 Å². The predicted molar refractivity (Wildman–Crippen MR) is 87.5 cm³/mol. The van der Waals surface area contributed by atoms with E-state index in [1.54, 1.807) is 29.2 Å². The molecule has 2 aromatic carbocycles. The van der Waals surface area contributed by atoms with Gasteiger partial charge in [0, 0.05) is 16.8 Å². The minimum Gasteiger partial charge on any atom is -0.305 e. The zero-order valence-electron chi connectivity index (χ0n) is 11.9. The first-order chi connectivity index (χ1) is 10.5. The summed E-state index contributed by atoms with van der Waals surface area (Å²) in [6, 6.07) is 9.36. The Morgan fingerprint density at radius 3 is 2.73 bits per heavy atom. The van der Waals surface area contributed by atoms with Crippen molar-refractivity contribution in [2.24, 2.45) is 0 Å². The fourth-order valence-electron chi connectivity index (χ4n) is 2.82. The van der Waals surface area contributed by atoms with Crippen LogP contribution in [0.1, 0.15) is 29.3 Å². The van der Waals surface area contributed by atoms with E-state index in [4.69, 9.17) is 23.2 Å². The zero-order valence-corrected chi connectivity index (χ0v) is 13.5. The fourth-order valence-corrected chi connectivity index (χ4v) is 3.31.